The van der Waals surface area contributed by atoms with E-state index in [9.17, 15) is 9.18 Å². The van der Waals surface area contributed by atoms with E-state index in [1.165, 1.54) is 22.3 Å². The molecule has 4 nitrogen and oxygen atoms in total. The van der Waals surface area contributed by atoms with Gasteiger partial charge in [0.1, 0.15) is 16.5 Å². The number of thiophene rings is 1. The number of aryl methyl sites for hydroxylation is 3. The van der Waals surface area contributed by atoms with Crippen LogP contribution in [0.25, 0.3) is 10.2 Å². The molecule has 136 valence electrons. The Balaban J connectivity index is 1.97. The lowest BCUT2D eigenvalue weighted by Gasteiger charge is -2.18. The molecule has 1 aromatic carbocycles. The number of carbonyl (C=O) groups is 1. The van der Waals surface area contributed by atoms with Crippen LogP contribution in [-0.4, -0.2) is 27.8 Å². The van der Waals surface area contributed by atoms with E-state index in [1.807, 2.05) is 20.8 Å². The summed E-state index contributed by atoms with van der Waals surface area (Å²) in [6, 6.07) is 4.51. The van der Waals surface area contributed by atoms with Crippen LogP contribution < -0.4 is 0 Å². The minimum Gasteiger partial charge on any atom is -0.337 e. The van der Waals surface area contributed by atoms with E-state index in [1.54, 1.807) is 19.2 Å². The monoisotopic (exact) mass is 391 g/mol. The highest BCUT2D eigenvalue weighted by molar-refractivity contribution is 7.20. The molecule has 3 rings (SSSR count). The SMILES string of the molecule is CCc1nc(C)c2c(C)c(C(=O)N(C)Cc3c(F)cccc3Cl)sc2n1. The smallest absolute Gasteiger partial charge is 0.264 e. The number of halogens is 2. The first-order valence-electron chi connectivity index (χ1n) is 8.28. The van der Waals surface area contributed by atoms with Crippen molar-refractivity contribution >= 4 is 39.1 Å². The van der Waals surface area contributed by atoms with Gasteiger partial charge in [-0.15, -0.1) is 11.3 Å². The third kappa shape index (κ3) is 3.31. The van der Waals surface area contributed by atoms with Crippen LogP contribution in [0.5, 0.6) is 0 Å². The van der Waals surface area contributed by atoms with Gasteiger partial charge in [-0.3, -0.25) is 4.79 Å². The molecule has 0 aliphatic heterocycles. The number of rotatable bonds is 4. The maximum Gasteiger partial charge on any atom is 0.264 e. The second-order valence-corrected chi connectivity index (χ2v) is 7.58. The molecule has 0 aliphatic carbocycles. The highest BCUT2D eigenvalue weighted by Gasteiger charge is 2.22. The normalized spacial score (nSPS) is 11.2. The Labute approximate surface area is 160 Å². The average molecular weight is 392 g/mol. The number of hydrogen-bond acceptors (Lipinski definition) is 4. The zero-order valence-corrected chi connectivity index (χ0v) is 16.6. The lowest BCUT2D eigenvalue weighted by Crippen LogP contribution is -2.26. The van der Waals surface area contributed by atoms with Crippen LogP contribution in [0, 0.1) is 19.7 Å². The summed E-state index contributed by atoms with van der Waals surface area (Å²) >= 11 is 7.43. The molecule has 0 N–H and O–H groups in total. The minimum atomic E-state index is -0.417. The summed E-state index contributed by atoms with van der Waals surface area (Å²) in [4.78, 5) is 24.9. The third-order valence-electron chi connectivity index (χ3n) is 4.33. The molecule has 0 radical (unpaired) electrons. The fourth-order valence-corrected chi connectivity index (χ4v) is 4.39. The molecule has 0 fully saturated rings. The summed E-state index contributed by atoms with van der Waals surface area (Å²) in [5.74, 6) is 0.170. The lowest BCUT2D eigenvalue weighted by molar-refractivity contribution is 0.0788. The number of amides is 1. The highest BCUT2D eigenvalue weighted by atomic mass is 35.5. The predicted molar refractivity (Wildman–Crippen MR) is 103 cm³/mol. The fraction of sp³-hybridized carbons (Fsp3) is 0.316. The van der Waals surface area contributed by atoms with Gasteiger partial charge in [-0.05, 0) is 31.5 Å². The summed E-state index contributed by atoms with van der Waals surface area (Å²) in [5.41, 5.74) is 2.05. The van der Waals surface area contributed by atoms with Gasteiger partial charge >= 0.3 is 0 Å². The largest absolute Gasteiger partial charge is 0.337 e. The van der Waals surface area contributed by atoms with E-state index in [4.69, 9.17) is 11.6 Å². The number of fused-ring (bicyclic) bond motifs is 1. The molecule has 0 saturated carbocycles. The summed E-state index contributed by atoms with van der Waals surface area (Å²) in [7, 11) is 1.64. The molecule has 7 heteroatoms. The van der Waals surface area contributed by atoms with Crippen molar-refractivity contribution in [3.05, 3.63) is 56.6 Å². The van der Waals surface area contributed by atoms with E-state index in [-0.39, 0.29) is 12.5 Å². The summed E-state index contributed by atoms with van der Waals surface area (Å²) in [6.45, 7) is 5.93. The van der Waals surface area contributed by atoms with E-state index >= 15 is 0 Å². The molecule has 3 aromatic rings. The minimum absolute atomic E-state index is 0.100. The fourth-order valence-electron chi connectivity index (χ4n) is 2.92. The van der Waals surface area contributed by atoms with Crippen molar-refractivity contribution in [1.29, 1.82) is 0 Å². The molecule has 0 unspecified atom stereocenters. The van der Waals surface area contributed by atoms with Crippen LogP contribution in [-0.2, 0) is 13.0 Å². The molecule has 26 heavy (non-hydrogen) atoms. The first-order chi connectivity index (χ1) is 12.3. The number of carbonyl (C=O) groups excluding carboxylic acids is 1. The number of hydrogen-bond donors (Lipinski definition) is 0. The van der Waals surface area contributed by atoms with Gasteiger partial charge in [0.2, 0.25) is 0 Å². The molecule has 0 aliphatic rings. The molecular formula is C19H19ClFN3OS. The van der Waals surface area contributed by atoms with Crippen molar-refractivity contribution in [3.63, 3.8) is 0 Å². The molecule has 0 spiro atoms. The Morgan fingerprint density at radius 2 is 2.04 bits per heavy atom. The quantitative estimate of drug-likeness (QED) is 0.633. The summed E-state index contributed by atoms with van der Waals surface area (Å²) < 4.78 is 14.0. The van der Waals surface area contributed by atoms with Crippen LogP contribution >= 0.6 is 22.9 Å². The lowest BCUT2D eigenvalue weighted by atomic mass is 10.1. The second kappa shape index (κ2) is 7.29. The highest BCUT2D eigenvalue weighted by Crippen LogP contribution is 2.32. The zero-order chi connectivity index (χ0) is 19.0. The molecule has 0 saturated heterocycles. The molecule has 0 bridgehead atoms. The van der Waals surface area contributed by atoms with Crippen LogP contribution in [0.2, 0.25) is 5.02 Å². The molecule has 0 atom stereocenters. The zero-order valence-electron chi connectivity index (χ0n) is 15.1. The maximum atomic E-state index is 14.0. The number of nitrogens with zero attached hydrogens (tertiary/aromatic N) is 3. The van der Waals surface area contributed by atoms with Gasteiger partial charge in [0.05, 0.1) is 11.4 Å². The Kier molecular flexibility index (Phi) is 5.25. The Morgan fingerprint density at radius 1 is 1.31 bits per heavy atom. The van der Waals surface area contributed by atoms with Crippen molar-refractivity contribution < 1.29 is 9.18 Å². The number of benzene rings is 1. The van der Waals surface area contributed by atoms with E-state index < -0.39 is 5.82 Å². The summed E-state index contributed by atoms with van der Waals surface area (Å²) in [5, 5.41) is 1.24. The standard InChI is InChI=1S/C19H19ClFN3OS/c1-5-15-22-11(3)16-10(2)17(26-18(16)23-15)19(25)24(4)9-12-13(20)7-6-8-14(12)21/h6-8H,5,9H2,1-4H3. The van der Waals surface area contributed by atoms with Crippen molar-refractivity contribution in [2.75, 3.05) is 7.05 Å². The van der Waals surface area contributed by atoms with Crippen molar-refractivity contribution in [2.24, 2.45) is 0 Å². The van der Waals surface area contributed by atoms with Gasteiger partial charge in [0, 0.05) is 35.1 Å². The first-order valence-corrected chi connectivity index (χ1v) is 9.47. The first kappa shape index (κ1) is 18.7. The van der Waals surface area contributed by atoms with E-state index in [0.29, 0.717) is 15.5 Å². The van der Waals surface area contributed by atoms with Crippen LogP contribution in [0.4, 0.5) is 4.39 Å². The third-order valence-corrected chi connectivity index (χ3v) is 5.86. The van der Waals surface area contributed by atoms with Gasteiger partial charge < -0.3 is 4.90 Å². The predicted octanol–water partition coefficient (Wildman–Crippen LogP) is 4.94. The Hall–Kier alpha value is -2.05. The molecular weight excluding hydrogens is 373 g/mol. The Morgan fingerprint density at radius 3 is 2.69 bits per heavy atom. The van der Waals surface area contributed by atoms with Gasteiger partial charge in [-0.1, -0.05) is 24.6 Å². The van der Waals surface area contributed by atoms with Crippen molar-refractivity contribution in [3.8, 4) is 0 Å². The van der Waals surface area contributed by atoms with Crippen LogP contribution in [0.3, 0.4) is 0 Å². The molecule has 2 heterocycles. The number of aromatic nitrogens is 2. The van der Waals surface area contributed by atoms with Crippen LogP contribution in [0.15, 0.2) is 18.2 Å². The average Bonchev–Trinajstić information content (AvgIpc) is 2.94. The van der Waals surface area contributed by atoms with E-state index in [0.717, 1.165) is 33.7 Å². The van der Waals surface area contributed by atoms with E-state index in [2.05, 4.69) is 9.97 Å². The van der Waals surface area contributed by atoms with Crippen LogP contribution in [0.1, 0.15) is 39.2 Å². The molecule has 2 aromatic heterocycles. The second-order valence-electron chi connectivity index (χ2n) is 6.18. The topological polar surface area (TPSA) is 46.1 Å². The van der Waals surface area contributed by atoms with Gasteiger partial charge in [-0.25, -0.2) is 14.4 Å². The maximum absolute atomic E-state index is 14.0. The van der Waals surface area contributed by atoms with Crippen molar-refractivity contribution in [2.45, 2.75) is 33.7 Å². The van der Waals surface area contributed by atoms with Gasteiger partial charge in [0.15, 0.2) is 0 Å². The molecule has 1 amide bonds. The van der Waals surface area contributed by atoms with Gasteiger partial charge in [-0.2, -0.15) is 0 Å². The Bertz CT molecular complexity index is 982. The van der Waals surface area contributed by atoms with Gasteiger partial charge in [0.25, 0.3) is 5.91 Å². The van der Waals surface area contributed by atoms with Crippen molar-refractivity contribution in [1.82, 2.24) is 14.9 Å². The summed E-state index contributed by atoms with van der Waals surface area (Å²) in [6.07, 6.45) is 0.739.